The monoisotopic (exact) mass is 293 g/mol. The highest BCUT2D eigenvalue weighted by molar-refractivity contribution is 6.18. The van der Waals surface area contributed by atoms with Gasteiger partial charge in [-0.25, -0.2) is 8.78 Å². The number of amides is 1. The minimum absolute atomic E-state index is 0.0781. The summed E-state index contributed by atoms with van der Waals surface area (Å²) in [7, 11) is 0. The Labute approximate surface area is 118 Å². The van der Waals surface area contributed by atoms with E-state index in [1.807, 2.05) is 0 Å². The first-order valence-electron chi connectivity index (χ1n) is 7.26. The Kier molecular flexibility index (Phi) is 5.04. The first-order chi connectivity index (χ1) is 9.02. The molecule has 19 heavy (non-hydrogen) atoms. The lowest BCUT2D eigenvalue weighted by Crippen LogP contribution is -2.46. The van der Waals surface area contributed by atoms with Crippen molar-refractivity contribution in [1.82, 2.24) is 5.32 Å². The van der Waals surface area contributed by atoms with E-state index in [4.69, 9.17) is 11.6 Å². The second-order valence-electron chi connectivity index (χ2n) is 5.96. The minimum atomic E-state index is -2.67. The summed E-state index contributed by atoms with van der Waals surface area (Å²) in [5.74, 6) is -2.56. The minimum Gasteiger partial charge on any atom is -0.353 e. The standard InChI is InChI=1S/C14H22ClF2NO/c15-9-11-4-1-2-6-12(11)18-13(19)10-5-3-7-14(16,17)8-10/h10-12H,1-9H2,(H,18,19). The molecule has 2 aliphatic carbocycles. The predicted octanol–water partition coefficient (Wildman–Crippen LogP) is 3.73. The van der Waals surface area contributed by atoms with Crippen LogP contribution < -0.4 is 5.32 Å². The van der Waals surface area contributed by atoms with Crippen LogP contribution in [0.4, 0.5) is 8.78 Å². The zero-order valence-corrected chi connectivity index (χ0v) is 11.9. The maximum Gasteiger partial charge on any atom is 0.248 e. The number of nitrogens with one attached hydrogen (secondary N) is 1. The highest BCUT2D eigenvalue weighted by atomic mass is 35.5. The van der Waals surface area contributed by atoms with E-state index in [0.29, 0.717) is 24.6 Å². The van der Waals surface area contributed by atoms with E-state index in [9.17, 15) is 13.6 Å². The van der Waals surface area contributed by atoms with Crippen molar-refractivity contribution in [2.24, 2.45) is 11.8 Å². The molecule has 2 rings (SSSR count). The SMILES string of the molecule is O=C(NC1CCCCC1CCl)C1CCCC(F)(F)C1. The molecule has 0 aromatic rings. The Morgan fingerprint density at radius 1 is 1.21 bits per heavy atom. The van der Waals surface area contributed by atoms with Gasteiger partial charge in [-0.2, -0.15) is 0 Å². The molecule has 2 fully saturated rings. The fraction of sp³-hybridized carbons (Fsp3) is 0.929. The molecular formula is C14H22ClF2NO. The molecule has 1 N–H and O–H groups in total. The van der Waals surface area contributed by atoms with Gasteiger partial charge < -0.3 is 5.32 Å². The summed E-state index contributed by atoms with van der Waals surface area (Å²) < 4.78 is 26.7. The van der Waals surface area contributed by atoms with Gasteiger partial charge in [-0.1, -0.05) is 12.8 Å². The zero-order chi connectivity index (χ0) is 13.9. The molecule has 2 nitrogen and oxygen atoms in total. The van der Waals surface area contributed by atoms with Gasteiger partial charge in [0.15, 0.2) is 0 Å². The average molecular weight is 294 g/mol. The van der Waals surface area contributed by atoms with Gasteiger partial charge in [0.1, 0.15) is 0 Å². The third-order valence-corrected chi connectivity index (χ3v) is 4.84. The van der Waals surface area contributed by atoms with E-state index in [2.05, 4.69) is 5.32 Å². The fourth-order valence-corrected chi connectivity index (χ4v) is 3.65. The maximum absolute atomic E-state index is 13.3. The molecule has 0 aromatic heterocycles. The molecule has 0 heterocycles. The molecule has 0 saturated heterocycles. The van der Waals surface area contributed by atoms with E-state index >= 15 is 0 Å². The largest absolute Gasteiger partial charge is 0.353 e. The predicted molar refractivity (Wildman–Crippen MR) is 71.5 cm³/mol. The molecule has 2 saturated carbocycles. The molecule has 3 atom stereocenters. The number of hydrogen-bond acceptors (Lipinski definition) is 1. The first kappa shape index (κ1) is 15.0. The van der Waals surface area contributed by atoms with Gasteiger partial charge in [0, 0.05) is 30.7 Å². The lowest BCUT2D eigenvalue weighted by Gasteiger charge is -2.34. The number of alkyl halides is 3. The molecule has 5 heteroatoms. The Morgan fingerprint density at radius 3 is 2.63 bits per heavy atom. The highest BCUT2D eigenvalue weighted by Crippen LogP contribution is 2.37. The number of rotatable bonds is 3. The van der Waals surface area contributed by atoms with Crippen LogP contribution in [0.2, 0.25) is 0 Å². The molecule has 0 spiro atoms. The van der Waals surface area contributed by atoms with Crippen molar-refractivity contribution < 1.29 is 13.6 Å². The van der Waals surface area contributed by atoms with Crippen LogP contribution in [0, 0.1) is 11.8 Å². The van der Waals surface area contributed by atoms with Gasteiger partial charge in [0.25, 0.3) is 0 Å². The lowest BCUT2D eigenvalue weighted by atomic mass is 9.83. The number of halogens is 3. The van der Waals surface area contributed by atoms with E-state index in [1.54, 1.807) is 0 Å². The Balaban J connectivity index is 1.89. The molecule has 2 aliphatic rings. The average Bonchev–Trinajstić information content (AvgIpc) is 2.38. The van der Waals surface area contributed by atoms with E-state index in [0.717, 1.165) is 25.7 Å². The molecule has 0 aliphatic heterocycles. The van der Waals surface area contributed by atoms with Crippen molar-refractivity contribution in [2.75, 3.05) is 5.88 Å². The van der Waals surface area contributed by atoms with Crippen LogP contribution >= 0.6 is 11.6 Å². The van der Waals surface area contributed by atoms with Gasteiger partial charge in [0.05, 0.1) is 0 Å². The quantitative estimate of drug-likeness (QED) is 0.789. The van der Waals surface area contributed by atoms with Crippen molar-refractivity contribution in [3.8, 4) is 0 Å². The van der Waals surface area contributed by atoms with Crippen LogP contribution in [-0.2, 0) is 4.79 Å². The molecule has 110 valence electrons. The normalized spacial score (nSPS) is 34.8. The third kappa shape index (κ3) is 4.04. The fourth-order valence-electron chi connectivity index (χ4n) is 3.28. The van der Waals surface area contributed by atoms with Crippen LogP contribution in [0.1, 0.15) is 51.4 Å². The van der Waals surface area contributed by atoms with E-state index in [1.165, 1.54) is 0 Å². The zero-order valence-electron chi connectivity index (χ0n) is 11.1. The second kappa shape index (κ2) is 6.38. The Morgan fingerprint density at radius 2 is 1.95 bits per heavy atom. The summed E-state index contributed by atoms with van der Waals surface area (Å²) in [5.41, 5.74) is 0. The van der Waals surface area contributed by atoms with Crippen molar-refractivity contribution in [3.05, 3.63) is 0 Å². The van der Waals surface area contributed by atoms with Crippen molar-refractivity contribution >= 4 is 17.5 Å². The third-order valence-electron chi connectivity index (χ3n) is 4.45. The smallest absolute Gasteiger partial charge is 0.248 e. The number of carbonyl (C=O) groups is 1. The van der Waals surface area contributed by atoms with Crippen molar-refractivity contribution in [3.63, 3.8) is 0 Å². The lowest BCUT2D eigenvalue weighted by molar-refractivity contribution is -0.133. The molecule has 3 unspecified atom stereocenters. The summed E-state index contributed by atoms with van der Waals surface area (Å²) in [4.78, 5) is 12.1. The van der Waals surface area contributed by atoms with Gasteiger partial charge in [0.2, 0.25) is 11.8 Å². The van der Waals surface area contributed by atoms with E-state index < -0.39 is 11.8 Å². The van der Waals surface area contributed by atoms with Crippen molar-refractivity contribution in [2.45, 2.75) is 63.3 Å². The van der Waals surface area contributed by atoms with Gasteiger partial charge in [-0.3, -0.25) is 4.79 Å². The van der Waals surface area contributed by atoms with E-state index in [-0.39, 0.29) is 24.8 Å². The molecule has 0 bridgehead atoms. The van der Waals surface area contributed by atoms with Crippen LogP contribution in [0.5, 0.6) is 0 Å². The summed E-state index contributed by atoms with van der Waals surface area (Å²) >= 11 is 5.92. The van der Waals surface area contributed by atoms with Crippen LogP contribution in [0.15, 0.2) is 0 Å². The summed E-state index contributed by atoms with van der Waals surface area (Å²) in [6.45, 7) is 0. The van der Waals surface area contributed by atoms with Gasteiger partial charge in [-0.15, -0.1) is 11.6 Å². The van der Waals surface area contributed by atoms with Gasteiger partial charge in [-0.05, 0) is 31.6 Å². The van der Waals surface area contributed by atoms with Crippen LogP contribution in [-0.4, -0.2) is 23.8 Å². The molecule has 0 aromatic carbocycles. The Hall–Kier alpha value is -0.380. The van der Waals surface area contributed by atoms with Crippen molar-refractivity contribution in [1.29, 1.82) is 0 Å². The molecule has 1 amide bonds. The first-order valence-corrected chi connectivity index (χ1v) is 7.79. The molecular weight excluding hydrogens is 272 g/mol. The van der Waals surface area contributed by atoms with Crippen LogP contribution in [0.3, 0.4) is 0 Å². The van der Waals surface area contributed by atoms with Gasteiger partial charge >= 0.3 is 0 Å². The molecule has 0 radical (unpaired) electrons. The second-order valence-corrected chi connectivity index (χ2v) is 6.27. The number of hydrogen-bond donors (Lipinski definition) is 1. The Bertz CT molecular complexity index is 325. The van der Waals surface area contributed by atoms with Crippen LogP contribution in [0.25, 0.3) is 0 Å². The highest BCUT2D eigenvalue weighted by Gasteiger charge is 2.40. The number of carbonyl (C=O) groups excluding carboxylic acids is 1. The topological polar surface area (TPSA) is 29.1 Å². The maximum atomic E-state index is 13.3. The summed E-state index contributed by atoms with van der Waals surface area (Å²) in [5, 5.41) is 2.97. The summed E-state index contributed by atoms with van der Waals surface area (Å²) in [6.07, 6.45) is 4.82. The summed E-state index contributed by atoms with van der Waals surface area (Å²) in [6, 6.07) is 0.0781.